The van der Waals surface area contributed by atoms with Gasteiger partial charge in [-0.05, 0) is 13.8 Å². The zero-order chi connectivity index (χ0) is 16.5. The van der Waals surface area contributed by atoms with Crippen molar-refractivity contribution in [3.8, 4) is 0 Å². The van der Waals surface area contributed by atoms with Gasteiger partial charge in [0.1, 0.15) is 36.6 Å². The van der Waals surface area contributed by atoms with E-state index in [9.17, 15) is 20.4 Å². The fourth-order valence-electron chi connectivity index (χ4n) is 2.60. The van der Waals surface area contributed by atoms with Crippen molar-refractivity contribution in [1.29, 1.82) is 0 Å². The smallest absolute Gasteiger partial charge is 0.186 e. The quantitative estimate of drug-likeness (QED) is 0.366. The highest BCUT2D eigenvalue weighted by atomic mass is 16.8. The second-order valence-corrected chi connectivity index (χ2v) is 5.93. The van der Waals surface area contributed by atoms with Crippen LogP contribution in [-0.4, -0.2) is 94.1 Å². The van der Waals surface area contributed by atoms with Crippen LogP contribution < -0.4 is 0 Å². The lowest BCUT2D eigenvalue weighted by Crippen LogP contribution is -2.59. The molecule has 2 rings (SSSR count). The fourth-order valence-corrected chi connectivity index (χ4v) is 2.60. The summed E-state index contributed by atoms with van der Waals surface area (Å²) in [5.74, 6) is -0.864. The van der Waals surface area contributed by atoms with Gasteiger partial charge in [0.05, 0.1) is 19.8 Å². The van der Waals surface area contributed by atoms with Gasteiger partial charge < -0.3 is 44.5 Å². The van der Waals surface area contributed by atoms with Crippen LogP contribution in [0.5, 0.6) is 0 Å². The lowest BCUT2D eigenvalue weighted by atomic mass is 9.99. The monoisotopic (exact) mass is 324 g/mol. The third-order valence-electron chi connectivity index (χ3n) is 3.74. The third kappa shape index (κ3) is 3.75. The van der Waals surface area contributed by atoms with Crippen LogP contribution in [0.25, 0.3) is 0 Å². The van der Waals surface area contributed by atoms with Gasteiger partial charge in [0.2, 0.25) is 0 Å². The summed E-state index contributed by atoms with van der Waals surface area (Å²) in [6.45, 7) is 2.55. The van der Waals surface area contributed by atoms with Crippen molar-refractivity contribution in [3.05, 3.63) is 0 Å². The summed E-state index contributed by atoms with van der Waals surface area (Å²) < 4.78 is 21.7. The molecule has 130 valence electrons. The predicted octanol–water partition coefficient (Wildman–Crippen LogP) is -2.68. The van der Waals surface area contributed by atoms with Gasteiger partial charge in [0.15, 0.2) is 12.1 Å². The van der Waals surface area contributed by atoms with Crippen molar-refractivity contribution < 1.29 is 44.5 Å². The highest BCUT2D eigenvalue weighted by Gasteiger charge is 2.46. The van der Waals surface area contributed by atoms with E-state index in [-0.39, 0.29) is 13.2 Å². The van der Waals surface area contributed by atoms with Gasteiger partial charge in [-0.3, -0.25) is 0 Å². The molecule has 0 aromatic heterocycles. The average Bonchev–Trinajstić information content (AvgIpc) is 2.78. The Bertz CT molecular complexity index is 361. The minimum atomic E-state index is -1.50. The maximum atomic E-state index is 9.86. The highest BCUT2D eigenvalue weighted by molar-refractivity contribution is 4.89. The highest BCUT2D eigenvalue weighted by Crippen LogP contribution is 2.29. The van der Waals surface area contributed by atoms with E-state index in [4.69, 9.17) is 24.1 Å². The molecule has 0 saturated carbocycles. The molecule has 9 heteroatoms. The molecule has 5 N–H and O–H groups in total. The molecule has 0 radical (unpaired) electrons. The van der Waals surface area contributed by atoms with Crippen LogP contribution in [0, 0.1) is 0 Å². The van der Waals surface area contributed by atoms with Crippen LogP contribution in [0.15, 0.2) is 0 Å². The van der Waals surface area contributed by atoms with Crippen molar-refractivity contribution in [2.45, 2.75) is 62.5 Å². The zero-order valence-electron chi connectivity index (χ0n) is 12.5. The Morgan fingerprint density at radius 3 is 2.05 bits per heavy atom. The van der Waals surface area contributed by atoms with Crippen LogP contribution in [0.1, 0.15) is 13.8 Å². The Hall–Kier alpha value is -0.360. The molecule has 0 bridgehead atoms. The molecule has 0 aliphatic carbocycles. The lowest BCUT2D eigenvalue weighted by Gasteiger charge is -2.39. The number of hydrogen-bond acceptors (Lipinski definition) is 9. The third-order valence-corrected chi connectivity index (χ3v) is 3.74. The predicted molar refractivity (Wildman–Crippen MR) is 70.6 cm³/mol. The van der Waals surface area contributed by atoms with E-state index < -0.39 is 55.3 Å². The fraction of sp³-hybridized carbons (Fsp3) is 1.00. The van der Waals surface area contributed by atoms with Crippen molar-refractivity contribution in [1.82, 2.24) is 0 Å². The molecule has 0 aromatic carbocycles. The molecule has 0 aromatic rings. The summed E-state index contributed by atoms with van der Waals surface area (Å²) in [6.07, 6.45) is -7.83. The first-order valence-corrected chi connectivity index (χ1v) is 7.17. The molecule has 0 amide bonds. The minimum absolute atomic E-state index is 0.0582. The Kier molecular flexibility index (Phi) is 5.75. The Labute approximate surface area is 128 Å². The minimum Gasteiger partial charge on any atom is -0.394 e. The standard InChI is InChI=1S/C13H24O9/c1-13(2)21-6(3-14)8(22-13)5-19-12-11(18)10(17)9(16)7(4-15)20-12/h6-12,14-18H,3-5H2,1-2H3/t6-,7+,8-,9+,10-,11+,12+/m0/s1. The van der Waals surface area contributed by atoms with Crippen LogP contribution in [0.4, 0.5) is 0 Å². The van der Waals surface area contributed by atoms with Gasteiger partial charge in [-0.2, -0.15) is 0 Å². The van der Waals surface area contributed by atoms with Crippen LogP contribution in [0.2, 0.25) is 0 Å². The normalized spacial score (nSPS) is 45.1. The molecule has 22 heavy (non-hydrogen) atoms. The number of aliphatic hydroxyl groups excluding tert-OH is 5. The molecule has 2 fully saturated rings. The van der Waals surface area contributed by atoms with Crippen LogP contribution >= 0.6 is 0 Å². The summed E-state index contributed by atoms with van der Waals surface area (Å²) in [5, 5.41) is 47.6. The zero-order valence-corrected chi connectivity index (χ0v) is 12.5. The van der Waals surface area contributed by atoms with Gasteiger partial charge in [0, 0.05) is 0 Å². The van der Waals surface area contributed by atoms with E-state index in [2.05, 4.69) is 0 Å². The maximum absolute atomic E-state index is 9.86. The number of aliphatic hydroxyl groups is 5. The van der Waals surface area contributed by atoms with Crippen molar-refractivity contribution in [3.63, 3.8) is 0 Å². The lowest BCUT2D eigenvalue weighted by molar-refractivity contribution is -0.305. The number of rotatable bonds is 5. The number of hydrogen-bond donors (Lipinski definition) is 5. The molecule has 0 unspecified atom stereocenters. The first-order chi connectivity index (χ1) is 10.3. The Morgan fingerprint density at radius 1 is 0.864 bits per heavy atom. The van der Waals surface area contributed by atoms with Crippen molar-refractivity contribution in [2.75, 3.05) is 19.8 Å². The van der Waals surface area contributed by atoms with Crippen LogP contribution in [-0.2, 0) is 18.9 Å². The van der Waals surface area contributed by atoms with Crippen LogP contribution in [0.3, 0.4) is 0 Å². The van der Waals surface area contributed by atoms with Crippen molar-refractivity contribution >= 4 is 0 Å². The van der Waals surface area contributed by atoms with Gasteiger partial charge in [-0.25, -0.2) is 0 Å². The molecule has 2 aliphatic heterocycles. The first kappa shape index (κ1) is 18.0. The Morgan fingerprint density at radius 2 is 1.45 bits per heavy atom. The molecular weight excluding hydrogens is 300 g/mol. The molecular formula is C13H24O9. The van der Waals surface area contributed by atoms with Crippen molar-refractivity contribution in [2.24, 2.45) is 0 Å². The van der Waals surface area contributed by atoms with E-state index in [1.54, 1.807) is 13.8 Å². The van der Waals surface area contributed by atoms with E-state index in [0.29, 0.717) is 0 Å². The Balaban J connectivity index is 1.93. The molecule has 7 atom stereocenters. The summed E-state index contributed by atoms with van der Waals surface area (Å²) in [5.41, 5.74) is 0. The summed E-state index contributed by atoms with van der Waals surface area (Å²) in [6, 6.07) is 0. The maximum Gasteiger partial charge on any atom is 0.186 e. The molecule has 0 spiro atoms. The van der Waals surface area contributed by atoms with E-state index in [1.807, 2.05) is 0 Å². The SMILES string of the molecule is CC1(C)O[C@@H](CO)[C@H](CO[C@@H]2O[C@H](CO)[C@@H](O)[C@H](O)[C@H]2O)O1. The molecule has 2 aliphatic rings. The second kappa shape index (κ2) is 7.04. The molecule has 2 saturated heterocycles. The average molecular weight is 324 g/mol. The largest absolute Gasteiger partial charge is 0.394 e. The van der Waals surface area contributed by atoms with Gasteiger partial charge in [0.25, 0.3) is 0 Å². The summed E-state index contributed by atoms with van der Waals surface area (Å²) in [7, 11) is 0. The van der Waals surface area contributed by atoms with E-state index in [1.165, 1.54) is 0 Å². The summed E-state index contributed by atoms with van der Waals surface area (Å²) in [4.78, 5) is 0. The summed E-state index contributed by atoms with van der Waals surface area (Å²) >= 11 is 0. The molecule has 2 heterocycles. The second-order valence-electron chi connectivity index (χ2n) is 5.93. The van der Waals surface area contributed by atoms with Gasteiger partial charge >= 0.3 is 0 Å². The molecule has 9 nitrogen and oxygen atoms in total. The first-order valence-electron chi connectivity index (χ1n) is 7.17. The topological polar surface area (TPSA) is 138 Å². The van der Waals surface area contributed by atoms with Gasteiger partial charge in [-0.1, -0.05) is 0 Å². The van der Waals surface area contributed by atoms with E-state index in [0.717, 1.165) is 0 Å². The van der Waals surface area contributed by atoms with E-state index >= 15 is 0 Å². The van der Waals surface area contributed by atoms with Gasteiger partial charge in [-0.15, -0.1) is 0 Å². The number of ether oxygens (including phenoxy) is 4.